The molecular formula is C28H26FN7O4. The number of benzene rings is 2. The summed E-state index contributed by atoms with van der Waals surface area (Å²) in [4.78, 5) is 48.3. The molecule has 2 amide bonds. The lowest BCUT2D eigenvalue weighted by molar-refractivity contribution is -0.128. The van der Waals surface area contributed by atoms with E-state index >= 15 is 0 Å². The van der Waals surface area contributed by atoms with Crippen LogP contribution < -0.4 is 11.1 Å². The van der Waals surface area contributed by atoms with Gasteiger partial charge in [0.05, 0.1) is 24.1 Å². The average Bonchev–Trinajstić information content (AvgIpc) is 3.64. The molecule has 12 heteroatoms. The number of nitrogen functional groups attached to an aromatic ring is 1. The van der Waals surface area contributed by atoms with E-state index in [1.165, 1.54) is 37.4 Å². The number of ether oxygens (including phenoxy) is 1. The van der Waals surface area contributed by atoms with Gasteiger partial charge in [0, 0.05) is 43.0 Å². The number of esters is 1. The van der Waals surface area contributed by atoms with Gasteiger partial charge in [-0.3, -0.25) is 14.3 Å². The Labute approximate surface area is 228 Å². The predicted molar refractivity (Wildman–Crippen MR) is 143 cm³/mol. The molecule has 0 spiro atoms. The van der Waals surface area contributed by atoms with E-state index in [9.17, 15) is 18.8 Å². The number of amides is 2. The van der Waals surface area contributed by atoms with Gasteiger partial charge >= 0.3 is 5.97 Å². The number of nitrogens with one attached hydrogen (secondary N) is 1. The topological polar surface area (TPSA) is 145 Å². The molecule has 2 aromatic carbocycles. The highest BCUT2D eigenvalue weighted by Crippen LogP contribution is 2.26. The fourth-order valence-electron chi connectivity index (χ4n) is 4.41. The summed E-state index contributed by atoms with van der Waals surface area (Å²) in [6.07, 6.45) is 4.20. The lowest BCUT2D eigenvalue weighted by Gasteiger charge is -2.18. The van der Waals surface area contributed by atoms with Crippen molar-refractivity contribution in [3.05, 3.63) is 90.3 Å². The van der Waals surface area contributed by atoms with Crippen LogP contribution in [0.15, 0.2) is 73.2 Å². The second-order valence-corrected chi connectivity index (χ2v) is 9.30. The second kappa shape index (κ2) is 11.3. The first kappa shape index (κ1) is 26.5. The Balaban J connectivity index is 1.36. The van der Waals surface area contributed by atoms with Crippen molar-refractivity contribution in [2.75, 3.05) is 24.1 Å². The first-order valence-electron chi connectivity index (χ1n) is 12.5. The monoisotopic (exact) mass is 543 g/mol. The minimum Gasteiger partial charge on any atom is -0.442 e. The van der Waals surface area contributed by atoms with Gasteiger partial charge in [-0.15, -0.1) is 0 Å². The van der Waals surface area contributed by atoms with E-state index < -0.39 is 23.8 Å². The normalized spacial score (nSPS) is 15.4. The quantitative estimate of drug-likeness (QED) is 0.338. The summed E-state index contributed by atoms with van der Waals surface area (Å²) >= 11 is 0. The Morgan fingerprint density at radius 2 is 1.85 bits per heavy atom. The number of carbonyl (C=O) groups excluding carboxylic acids is 3. The zero-order valence-corrected chi connectivity index (χ0v) is 21.5. The molecule has 1 aliphatic heterocycles. The fourth-order valence-corrected chi connectivity index (χ4v) is 4.41. The molecule has 40 heavy (non-hydrogen) atoms. The highest BCUT2D eigenvalue weighted by atomic mass is 19.1. The molecule has 3 heterocycles. The third-order valence-electron chi connectivity index (χ3n) is 6.55. The van der Waals surface area contributed by atoms with Gasteiger partial charge in [-0.2, -0.15) is 5.10 Å². The summed E-state index contributed by atoms with van der Waals surface area (Å²) in [6, 6.07) is 13.7. The van der Waals surface area contributed by atoms with E-state index in [1.807, 2.05) is 0 Å². The standard InChI is InChI=1S/C28H26FN7O4/c1-17(37)35-12-11-22(16-35)36-15-19(13-32-36)23-14-31-26(30)24(34-23)28(39)40-25(18-5-3-2-4-6-18)27(38)33-21-9-7-20(29)8-10-21/h2-10,13-15,22,25H,11-12,16H2,1H3,(H2,30,31)(H,33,38)/t22-,25?/m1/s1. The molecule has 0 aliphatic carbocycles. The van der Waals surface area contributed by atoms with E-state index in [0.717, 1.165) is 6.42 Å². The molecule has 2 aromatic heterocycles. The Morgan fingerprint density at radius 3 is 2.55 bits per heavy atom. The SMILES string of the molecule is CC(=O)N1CC[C@@H](n2cc(-c3cnc(N)c(C(=O)OC(C(=O)Nc4ccc(F)cc4)c4ccccc4)n3)cn2)C1. The zero-order valence-electron chi connectivity index (χ0n) is 21.5. The van der Waals surface area contributed by atoms with Crippen molar-refractivity contribution in [1.82, 2.24) is 24.6 Å². The Kier molecular flexibility index (Phi) is 7.49. The van der Waals surface area contributed by atoms with Crippen LogP contribution >= 0.6 is 0 Å². The van der Waals surface area contributed by atoms with Crippen molar-refractivity contribution >= 4 is 29.3 Å². The van der Waals surface area contributed by atoms with Crippen LogP contribution in [0, 0.1) is 5.82 Å². The van der Waals surface area contributed by atoms with Crippen molar-refractivity contribution in [3.63, 3.8) is 0 Å². The van der Waals surface area contributed by atoms with Crippen molar-refractivity contribution in [2.24, 2.45) is 0 Å². The summed E-state index contributed by atoms with van der Waals surface area (Å²) in [5.41, 5.74) is 7.39. The van der Waals surface area contributed by atoms with Gasteiger partial charge in [-0.05, 0) is 30.7 Å². The minimum absolute atomic E-state index is 0.0163. The first-order valence-corrected chi connectivity index (χ1v) is 12.5. The van der Waals surface area contributed by atoms with Crippen LogP contribution in [0.4, 0.5) is 15.9 Å². The van der Waals surface area contributed by atoms with Gasteiger partial charge in [0.1, 0.15) is 5.82 Å². The summed E-state index contributed by atoms with van der Waals surface area (Å²) in [7, 11) is 0. The number of halogens is 1. The molecule has 0 saturated carbocycles. The number of hydrogen-bond acceptors (Lipinski definition) is 8. The predicted octanol–water partition coefficient (Wildman–Crippen LogP) is 3.39. The third kappa shape index (κ3) is 5.80. The van der Waals surface area contributed by atoms with Gasteiger partial charge < -0.3 is 20.7 Å². The molecule has 4 aromatic rings. The van der Waals surface area contributed by atoms with Crippen LogP contribution in [-0.4, -0.2) is 55.5 Å². The van der Waals surface area contributed by atoms with E-state index in [4.69, 9.17) is 10.5 Å². The number of aromatic nitrogens is 4. The lowest BCUT2D eigenvalue weighted by atomic mass is 10.1. The molecule has 204 valence electrons. The van der Waals surface area contributed by atoms with Gasteiger partial charge in [0.15, 0.2) is 11.5 Å². The van der Waals surface area contributed by atoms with Crippen LogP contribution in [0.2, 0.25) is 0 Å². The highest BCUT2D eigenvalue weighted by Gasteiger charge is 2.29. The lowest BCUT2D eigenvalue weighted by Crippen LogP contribution is -2.26. The van der Waals surface area contributed by atoms with E-state index in [-0.39, 0.29) is 23.5 Å². The maximum absolute atomic E-state index is 13.3. The molecule has 1 fully saturated rings. The van der Waals surface area contributed by atoms with E-state index in [2.05, 4.69) is 20.4 Å². The van der Waals surface area contributed by atoms with Crippen LogP contribution in [-0.2, 0) is 14.3 Å². The molecule has 2 atom stereocenters. The summed E-state index contributed by atoms with van der Waals surface area (Å²) in [5.74, 6) is -2.20. The molecule has 1 aliphatic rings. The van der Waals surface area contributed by atoms with Crippen molar-refractivity contribution in [1.29, 1.82) is 0 Å². The molecule has 0 radical (unpaired) electrons. The number of likely N-dealkylation sites (tertiary alicyclic amines) is 1. The first-order chi connectivity index (χ1) is 19.3. The Morgan fingerprint density at radius 1 is 1.10 bits per heavy atom. The minimum atomic E-state index is -1.35. The summed E-state index contributed by atoms with van der Waals surface area (Å²) in [6.45, 7) is 2.75. The zero-order chi connectivity index (χ0) is 28.2. The van der Waals surface area contributed by atoms with Gasteiger partial charge in [-0.25, -0.2) is 19.2 Å². The largest absolute Gasteiger partial charge is 0.442 e. The van der Waals surface area contributed by atoms with Gasteiger partial charge in [0.2, 0.25) is 12.0 Å². The highest BCUT2D eigenvalue weighted by molar-refractivity contribution is 5.99. The van der Waals surface area contributed by atoms with Crippen LogP contribution in [0.5, 0.6) is 0 Å². The van der Waals surface area contributed by atoms with Crippen molar-refractivity contribution < 1.29 is 23.5 Å². The average molecular weight is 544 g/mol. The maximum atomic E-state index is 13.3. The van der Waals surface area contributed by atoms with Gasteiger partial charge in [-0.1, -0.05) is 30.3 Å². The molecular weight excluding hydrogens is 517 g/mol. The molecule has 0 bridgehead atoms. The van der Waals surface area contributed by atoms with E-state index in [1.54, 1.807) is 52.3 Å². The summed E-state index contributed by atoms with van der Waals surface area (Å²) < 4.78 is 20.7. The second-order valence-electron chi connectivity index (χ2n) is 9.30. The molecule has 5 rings (SSSR count). The van der Waals surface area contributed by atoms with Crippen LogP contribution in [0.1, 0.15) is 41.5 Å². The number of hydrogen-bond donors (Lipinski definition) is 2. The van der Waals surface area contributed by atoms with Crippen molar-refractivity contribution in [2.45, 2.75) is 25.5 Å². The van der Waals surface area contributed by atoms with Gasteiger partial charge in [0.25, 0.3) is 5.91 Å². The number of nitrogens with two attached hydrogens (primary N) is 1. The maximum Gasteiger partial charge on any atom is 0.361 e. The fraction of sp³-hybridized carbons (Fsp3) is 0.214. The Hall–Kier alpha value is -5.13. The van der Waals surface area contributed by atoms with Crippen LogP contribution in [0.25, 0.3) is 11.3 Å². The Bertz CT molecular complexity index is 1540. The number of anilines is 2. The molecule has 1 saturated heterocycles. The van der Waals surface area contributed by atoms with Crippen LogP contribution in [0.3, 0.4) is 0 Å². The summed E-state index contributed by atoms with van der Waals surface area (Å²) in [5, 5.41) is 7.04. The molecule has 1 unspecified atom stereocenters. The number of nitrogens with zero attached hydrogens (tertiary/aromatic N) is 5. The van der Waals surface area contributed by atoms with E-state index in [0.29, 0.717) is 35.6 Å². The number of carbonyl (C=O) groups is 3. The third-order valence-corrected chi connectivity index (χ3v) is 6.55. The van der Waals surface area contributed by atoms with Crippen molar-refractivity contribution in [3.8, 4) is 11.3 Å². The molecule has 11 nitrogen and oxygen atoms in total. The molecule has 3 N–H and O–H groups in total. The smallest absolute Gasteiger partial charge is 0.361 e. The number of rotatable bonds is 7.